The first-order chi connectivity index (χ1) is 5.61. The summed E-state index contributed by atoms with van der Waals surface area (Å²) in [6.07, 6.45) is 0.549. The highest BCUT2D eigenvalue weighted by molar-refractivity contribution is 8.23. The molecule has 0 aliphatic carbocycles. The van der Waals surface area contributed by atoms with Crippen molar-refractivity contribution in [1.82, 2.24) is 0 Å². The normalized spacial score (nSPS) is 12.2. The predicted molar refractivity (Wildman–Crippen MR) is 53.5 cm³/mol. The number of carboxylic acid groups (broad SMARTS) is 1. The number of carboxylic acids is 1. The Morgan fingerprint density at radius 1 is 1.67 bits per heavy atom. The first-order valence-corrected chi connectivity index (χ1v) is 4.96. The van der Waals surface area contributed by atoms with Gasteiger partial charge in [-0.1, -0.05) is 18.7 Å². The van der Waals surface area contributed by atoms with Crippen LogP contribution in [-0.4, -0.2) is 27.3 Å². The summed E-state index contributed by atoms with van der Waals surface area (Å²) in [7, 11) is 0. The number of hydrogen-bond acceptors (Lipinski definition) is 4. The van der Waals surface area contributed by atoms with Crippen LogP contribution in [0.2, 0.25) is 0 Å². The Balaban J connectivity index is 3.85. The summed E-state index contributed by atoms with van der Waals surface area (Å²) in [5, 5.41) is 8.17. The van der Waals surface area contributed by atoms with Gasteiger partial charge < -0.3 is 9.84 Å². The Kier molecular flexibility index (Phi) is 6.10. The molecular formula is C7H12O3S2. The Hall–Kier alpha value is -0.290. The Labute approximate surface area is 81.5 Å². The maximum Gasteiger partial charge on any atom is 0.317 e. The van der Waals surface area contributed by atoms with Crippen LogP contribution in [0.25, 0.3) is 0 Å². The average molecular weight is 208 g/mol. The lowest BCUT2D eigenvalue weighted by atomic mass is 10.3. The van der Waals surface area contributed by atoms with E-state index in [-0.39, 0.29) is 0 Å². The van der Waals surface area contributed by atoms with Gasteiger partial charge in [0, 0.05) is 0 Å². The van der Waals surface area contributed by atoms with E-state index >= 15 is 0 Å². The molecule has 1 N–H and O–H groups in total. The fourth-order valence-corrected chi connectivity index (χ4v) is 1.73. The molecule has 0 aromatic heterocycles. The van der Waals surface area contributed by atoms with Gasteiger partial charge in [-0.25, -0.2) is 0 Å². The molecule has 1 atom stereocenters. The molecule has 0 radical (unpaired) electrons. The Bertz CT molecular complexity index is 170. The molecule has 0 saturated heterocycles. The van der Waals surface area contributed by atoms with E-state index in [0.29, 0.717) is 17.4 Å². The highest BCUT2D eigenvalue weighted by atomic mass is 32.2. The SMILES string of the molecule is CCOC(=S)SC(CC)C(=O)O. The summed E-state index contributed by atoms with van der Waals surface area (Å²) in [6, 6.07) is 0. The van der Waals surface area contributed by atoms with Crippen molar-refractivity contribution < 1.29 is 14.6 Å². The minimum Gasteiger partial charge on any atom is -0.480 e. The van der Waals surface area contributed by atoms with E-state index in [4.69, 9.17) is 22.1 Å². The summed E-state index contributed by atoms with van der Waals surface area (Å²) in [5.74, 6) is -0.843. The third-order valence-electron chi connectivity index (χ3n) is 1.15. The van der Waals surface area contributed by atoms with Crippen LogP contribution in [-0.2, 0) is 9.53 Å². The summed E-state index contributed by atoms with van der Waals surface area (Å²) in [6.45, 7) is 4.11. The second-order valence-electron chi connectivity index (χ2n) is 2.04. The van der Waals surface area contributed by atoms with E-state index in [1.807, 2.05) is 6.92 Å². The Morgan fingerprint density at radius 3 is 2.58 bits per heavy atom. The van der Waals surface area contributed by atoms with Gasteiger partial charge >= 0.3 is 5.97 Å². The summed E-state index contributed by atoms with van der Waals surface area (Å²) in [5.41, 5.74) is 0. The fraction of sp³-hybridized carbons (Fsp3) is 0.714. The zero-order valence-electron chi connectivity index (χ0n) is 7.07. The molecule has 3 nitrogen and oxygen atoms in total. The van der Waals surface area contributed by atoms with Gasteiger partial charge in [0.05, 0.1) is 6.61 Å². The molecule has 0 saturated carbocycles. The van der Waals surface area contributed by atoms with E-state index < -0.39 is 11.2 Å². The largest absolute Gasteiger partial charge is 0.480 e. The van der Waals surface area contributed by atoms with Crippen molar-refractivity contribution in [2.24, 2.45) is 0 Å². The summed E-state index contributed by atoms with van der Waals surface area (Å²) in [4.78, 5) is 10.5. The number of aliphatic carboxylic acids is 1. The maximum atomic E-state index is 10.5. The number of ether oxygens (including phenoxy) is 1. The van der Waals surface area contributed by atoms with Crippen LogP contribution in [0.5, 0.6) is 0 Å². The second-order valence-corrected chi connectivity index (χ2v) is 3.84. The van der Waals surface area contributed by atoms with E-state index in [0.717, 1.165) is 11.8 Å². The standard InChI is InChI=1S/C7H12O3S2/c1-3-5(6(8)9)12-7(11)10-4-2/h5H,3-4H2,1-2H3,(H,8,9). The lowest BCUT2D eigenvalue weighted by Gasteiger charge is -2.09. The molecule has 12 heavy (non-hydrogen) atoms. The van der Waals surface area contributed by atoms with Gasteiger partial charge in [0.25, 0.3) is 0 Å². The average Bonchev–Trinajstić information content (AvgIpc) is 2.00. The molecule has 0 aromatic carbocycles. The lowest BCUT2D eigenvalue weighted by molar-refractivity contribution is -0.136. The smallest absolute Gasteiger partial charge is 0.317 e. The van der Waals surface area contributed by atoms with Crippen molar-refractivity contribution in [3.8, 4) is 0 Å². The third kappa shape index (κ3) is 4.56. The Morgan fingerprint density at radius 2 is 2.25 bits per heavy atom. The maximum absolute atomic E-state index is 10.5. The quantitative estimate of drug-likeness (QED) is 0.715. The third-order valence-corrected chi connectivity index (χ3v) is 2.68. The highest BCUT2D eigenvalue weighted by Crippen LogP contribution is 2.17. The predicted octanol–water partition coefficient (Wildman–Crippen LogP) is 1.90. The topological polar surface area (TPSA) is 46.5 Å². The summed E-state index contributed by atoms with van der Waals surface area (Å²) >= 11 is 5.88. The number of hydrogen-bond donors (Lipinski definition) is 1. The molecule has 0 fully saturated rings. The van der Waals surface area contributed by atoms with Crippen molar-refractivity contribution in [3.63, 3.8) is 0 Å². The minimum atomic E-state index is -0.843. The van der Waals surface area contributed by atoms with E-state index in [2.05, 4.69) is 0 Å². The first kappa shape index (κ1) is 11.7. The number of rotatable bonds is 4. The first-order valence-electron chi connectivity index (χ1n) is 3.68. The summed E-state index contributed by atoms with van der Waals surface area (Å²) < 4.78 is 5.27. The van der Waals surface area contributed by atoms with Crippen LogP contribution < -0.4 is 0 Å². The van der Waals surface area contributed by atoms with E-state index in [9.17, 15) is 4.79 Å². The van der Waals surface area contributed by atoms with Gasteiger partial charge in [0.1, 0.15) is 5.25 Å². The molecule has 0 bridgehead atoms. The van der Waals surface area contributed by atoms with Crippen molar-refractivity contribution >= 4 is 34.3 Å². The van der Waals surface area contributed by atoms with Crippen molar-refractivity contribution in [1.29, 1.82) is 0 Å². The van der Waals surface area contributed by atoms with Crippen LogP contribution >= 0.6 is 24.0 Å². The highest BCUT2D eigenvalue weighted by Gasteiger charge is 2.18. The molecule has 0 amide bonds. The van der Waals surface area contributed by atoms with Crippen LogP contribution in [0.15, 0.2) is 0 Å². The monoisotopic (exact) mass is 208 g/mol. The van der Waals surface area contributed by atoms with Gasteiger partial charge in [0.15, 0.2) is 0 Å². The zero-order chi connectivity index (χ0) is 9.56. The van der Waals surface area contributed by atoms with E-state index in [1.54, 1.807) is 6.92 Å². The molecule has 0 heterocycles. The lowest BCUT2D eigenvalue weighted by Crippen LogP contribution is -2.17. The van der Waals surface area contributed by atoms with Crippen LogP contribution in [0.4, 0.5) is 0 Å². The van der Waals surface area contributed by atoms with Gasteiger partial charge in [-0.2, -0.15) is 0 Å². The zero-order valence-corrected chi connectivity index (χ0v) is 8.70. The second kappa shape index (κ2) is 6.25. The van der Waals surface area contributed by atoms with Gasteiger partial charge in [-0.3, -0.25) is 4.79 Å². The van der Waals surface area contributed by atoms with Crippen LogP contribution in [0.1, 0.15) is 20.3 Å². The number of carbonyl (C=O) groups is 1. The van der Waals surface area contributed by atoms with Crippen molar-refractivity contribution in [3.05, 3.63) is 0 Å². The molecule has 70 valence electrons. The molecular weight excluding hydrogens is 196 g/mol. The molecule has 0 rings (SSSR count). The number of thiocarbonyl (C=S) groups is 1. The molecule has 0 aromatic rings. The van der Waals surface area contributed by atoms with Crippen LogP contribution in [0.3, 0.4) is 0 Å². The molecule has 0 spiro atoms. The van der Waals surface area contributed by atoms with Crippen LogP contribution in [0, 0.1) is 0 Å². The van der Waals surface area contributed by atoms with E-state index in [1.165, 1.54) is 0 Å². The number of thioether (sulfide) groups is 1. The molecule has 0 aliphatic rings. The fourth-order valence-electron chi connectivity index (χ4n) is 0.576. The van der Waals surface area contributed by atoms with Crippen molar-refractivity contribution in [2.75, 3.05) is 6.61 Å². The van der Waals surface area contributed by atoms with Gasteiger partial charge in [-0.05, 0) is 25.6 Å². The molecule has 5 heteroatoms. The molecule has 1 unspecified atom stereocenters. The minimum absolute atomic E-state index is 0.312. The van der Waals surface area contributed by atoms with Gasteiger partial charge in [-0.15, -0.1) is 0 Å². The van der Waals surface area contributed by atoms with Gasteiger partial charge in [0.2, 0.25) is 4.38 Å². The van der Waals surface area contributed by atoms with Crippen molar-refractivity contribution in [2.45, 2.75) is 25.5 Å². The molecule has 0 aliphatic heterocycles.